The molecule has 0 aliphatic carbocycles. The lowest BCUT2D eigenvalue weighted by molar-refractivity contribution is -0.137. The van der Waals surface area contributed by atoms with E-state index in [4.69, 9.17) is 22.1 Å². The van der Waals surface area contributed by atoms with Gasteiger partial charge in [-0.15, -0.1) is 10.2 Å². The summed E-state index contributed by atoms with van der Waals surface area (Å²) < 4.78 is 5.86. The number of likely N-dealkylation sites (tertiary alicyclic amines) is 1. The highest BCUT2D eigenvalue weighted by molar-refractivity contribution is 7.17. The van der Waals surface area contributed by atoms with E-state index in [0.29, 0.717) is 45.8 Å². The molecule has 2 aliphatic heterocycles. The van der Waals surface area contributed by atoms with E-state index in [9.17, 15) is 9.59 Å². The average Bonchev–Trinajstić information content (AvgIpc) is 3.30. The number of aromatic nitrogens is 3. The molecule has 4 rings (SSSR count). The monoisotopic (exact) mass is 456 g/mol. The maximum atomic E-state index is 13.0. The summed E-state index contributed by atoms with van der Waals surface area (Å²) >= 11 is 8.21. The van der Waals surface area contributed by atoms with Gasteiger partial charge in [0, 0.05) is 32.3 Å². The fraction of sp³-hybridized carbons (Fsp3) is 0.588. The molecule has 3 N–H and O–H groups in total. The summed E-state index contributed by atoms with van der Waals surface area (Å²) in [6.45, 7) is 2.44. The number of halogens is 1. The summed E-state index contributed by atoms with van der Waals surface area (Å²) in [6, 6.07) is -0.154. The molecule has 2 aliphatic rings. The predicted molar refractivity (Wildman–Crippen MR) is 110 cm³/mol. The van der Waals surface area contributed by atoms with Crippen molar-refractivity contribution in [2.24, 2.45) is 5.41 Å². The van der Waals surface area contributed by atoms with Crippen molar-refractivity contribution in [1.29, 1.82) is 0 Å². The normalized spacial score (nSPS) is 21.3. The van der Waals surface area contributed by atoms with E-state index in [2.05, 4.69) is 20.5 Å². The molecule has 12 heteroatoms. The average molecular weight is 457 g/mol. The highest BCUT2D eigenvalue weighted by Gasteiger charge is 2.43. The van der Waals surface area contributed by atoms with Crippen molar-refractivity contribution in [3.05, 3.63) is 20.5 Å². The Morgan fingerprint density at radius 1 is 1.34 bits per heavy atom. The van der Waals surface area contributed by atoms with E-state index in [1.165, 1.54) is 17.5 Å². The van der Waals surface area contributed by atoms with E-state index in [1.54, 1.807) is 0 Å². The first kappa shape index (κ1) is 20.5. The third-order valence-electron chi connectivity index (χ3n) is 5.37. The summed E-state index contributed by atoms with van der Waals surface area (Å²) in [5, 5.41) is 11.7. The van der Waals surface area contributed by atoms with Gasteiger partial charge >= 0.3 is 0 Å². The van der Waals surface area contributed by atoms with Gasteiger partial charge in [-0.1, -0.05) is 34.3 Å². The number of amides is 2. The number of ether oxygens (including phenoxy) is 1. The van der Waals surface area contributed by atoms with Crippen LogP contribution in [0.4, 0.5) is 5.13 Å². The maximum Gasteiger partial charge on any atom is 0.263 e. The highest BCUT2D eigenvalue weighted by atomic mass is 35.5. The number of rotatable bonds is 4. The van der Waals surface area contributed by atoms with Crippen LogP contribution in [0.15, 0.2) is 6.20 Å². The molecule has 0 bridgehead atoms. The van der Waals surface area contributed by atoms with Crippen LogP contribution < -0.4 is 11.1 Å². The number of anilines is 1. The standard InChI is InChI=1S/C17H21ClN6O3S2/c18-15-20-7-11(28-15)14(26)21-10-6-17(1-3-27-4-2-17)9-24(8-10)13(25)5-12-22-23-16(19)29-12/h7,10H,1-6,8-9H2,(H2,19,23)(H,21,26). The largest absolute Gasteiger partial charge is 0.381 e. The molecule has 2 fully saturated rings. The van der Waals surface area contributed by atoms with E-state index >= 15 is 0 Å². The number of carbonyl (C=O) groups excluding carboxylic acids is 2. The summed E-state index contributed by atoms with van der Waals surface area (Å²) in [6.07, 6.45) is 4.16. The molecular weight excluding hydrogens is 436 g/mol. The van der Waals surface area contributed by atoms with Gasteiger partial charge < -0.3 is 20.7 Å². The van der Waals surface area contributed by atoms with E-state index < -0.39 is 0 Å². The molecule has 2 aromatic rings. The van der Waals surface area contributed by atoms with E-state index in [0.717, 1.165) is 30.6 Å². The zero-order valence-corrected chi connectivity index (χ0v) is 18.0. The van der Waals surface area contributed by atoms with Gasteiger partial charge in [0.15, 0.2) is 4.47 Å². The minimum atomic E-state index is -0.215. The Bertz CT molecular complexity index is 897. The van der Waals surface area contributed by atoms with Gasteiger partial charge in [-0.3, -0.25) is 9.59 Å². The molecule has 0 radical (unpaired) electrons. The number of nitrogen functional groups attached to an aromatic ring is 1. The van der Waals surface area contributed by atoms with E-state index in [-0.39, 0.29) is 29.7 Å². The molecule has 29 heavy (non-hydrogen) atoms. The third kappa shape index (κ3) is 4.85. The van der Waals surface area contributed by atoms with Gasteiger partial charge in [0.25, 0.3) is 5.91 Å². The second-order valence-electron chi connectivity index (χ2n) is 7.45. The van der Waals surface area contributed by atoms with Crippen LogP contribution in [0.5, 0.6) is 0 Å². The quantitative estimate of drug-likeness (QED) is 0.716. The number of nitrogens with one attached hydrogen (secondary N) is 1. The molecule has 1 atom stereocenters. The first-order valence-corrected chi connectivity index (χ1v) is 11.3. The number of hydrogen-bond donors (Lipinski definition) is 2. The van der Waals surface area contributed by atoms with Crippen molar-refractivity contribution in [3.8, 4) is 0 Å². The van der Waals surface area contributed by atoms with Gasteiger partial charge in [0.05, 0.1) is 12.6 Å². The van der Waals surface area contributed by atoms with Crippen LogP contribution in [-0.4, -0.2) is 64.2 Å². The van der Waals surface area contributed by atoms with Gasteiger partial charge in [-0.25, -0.2) is 4.98 Å². The predicted octanol–water partition coefficient (Wildman–Crippen LogP) is 1.60. The lowest BCUT2D eigenvalue weighted by Crippen LogP contribution is -2.58. The number of nitrogens with two attached hydrogens (primary N) is 1. The van der Waals surface area contributed by atoms with Crippen LogP contribution in [0.1, 0.15) is 33.9 Å². The maximum absolute atomic E-state index is 13.0. The Balaban J connectivity index is 1.48. The fourth-order valence-electron chi connectivity index (χ4n) is 4.03. The molecular formula is C17H21ClN6O3S2. The number of hydrogen-bond acceptors (Lipinski definition) is 9. The van der Waals surface area contributed by atoms with Crippen molar-refractivity contribution in [3.63, 3.8) is 0 Å². The van der Waals surface area contributed by atoms with Gasteiger partial charge in [0.1, 0.15) is 9.88 Å². The van der Waals surface area contributed by atoms with Gasteiger partial charge in [-0.2, -0.15) is 0 Å². The van der Waals surface area contributed by atoms with Crippen LogP contribution >= 0.6 is 34.3 Å². The molecule has 156 valence electrons. The van der Waals surface area contributed by atoms with Crippen molar-refractivity contribution in [2.75, 3.05) is 32.0 Å². The fourth-order valence-corrected chi connectivity index (χ4v) is 5.48. The number of nitrogens with zero attached hydrogens (tertiary/aromatic N) is 4. The van der Waals surface area contributed by atoms with Crippen LogP contribution in [0.3, 0.4) is 0 Å². The first-order valence-electron chi connectivity index (χ1n) is 9.28. The van der Waals surface area contributed by atoms with Crippen LogP contribution in [-0.2, 0) is 16.0 Å². The molecule has 2 amide bonds. The molecule has 0 aromatic carbocycles. The zero-order chi connectivity index (χ0) is 20.4. The minimum absolute atomic E-state index is 0.0354. The van der Waals surface area contributed by atoms with Crippen molar-refractivity contribution in [1.82, 2.24) is 25.4 Å². The summed E-state index contributed by atoms with van der Waals surface area (Å²) in [7, 11) is 0. The molecule has 9 nitrogen and oxygen atoms in total. The van der Waals surface area contributed by atoms with Crippen molar-refractivity contribution < 1.29 is 14.3 Å². The Kier molecular flexibility index (Phi) is 6.00. The van der Waals surface area contributed by atoms with Gasteiger partial charge in [-0.05, 0) is 24.7 Å². The Hall–Kier alpha value is -1.82. The zero-order valence-electron chi connectivity index (χ0n) is 15.6. The topological polar surface area (TPSA) is 123 Å². The Labute approximate surface area is 180 Å². The van der Waals surface area contributed by atoms with Crippen LogP contribution in [0, 0.1) is 5.41 Å². The molecule has 2 saturated heterocycles. The molecule has 0 saturated carbocycles. The number of carbonyl (C=O) groups is 2. The van der Waals surface area contributed by atoms with Crippen molar-refractivity contribution >= 4 is 51.2 Å². The summed E-state index contributed by atoms with van der Waals surface area (Å²) in [5.74, 6) is -0.250. The SMILES string of the molecule is Nc1nnc(CC(=O)N2CC(NC(=O)c3cnc(Cl)s3)CC3(CCOCC3)C2)s1. The Morgan fingerprint density at radius 3 is 2.79 bits per heavy atom. The molecule has 1 unspecified atom stereocenters. The second kappa shape index (κ2) is 8.50. The smallest absolute Gasteiger partial charge is 0.263 e. The number of thiazole rings is 1. The van der Waals surface area contributed by atoms with Crippen molar-refractivity contribution in [2.45, 2.75) is 31.7 Å². The lowest BCUT2D eigenvalue weighted by atomic mass is 9.72. The van der Waals surface area contributed by atoms with Crippen LogP contribution in [0.25, 0.3) is 0 Å². The molecule has 2 aromatic heterocycles. The second-order valence-corrected chi connectivity index (χ2v) is 10.2. The molecule has 1 spiro atoms. The summed E-state index contributed by atoms with van der Waals surface area (Å²) in [4.78, 5) is 31.8. The van der Waals surface area contributed by atoms with E-state index in [1.807, 2.05) is 4.90 Å². The third-order valence-corrected chi connectivity index (χ3v) is 7.24. The highest BCUT2D eigenvalue weighted by Crippen LogP contribution is 2.39. The minimum Gasteiger partial charge on any atom is -0.381 e. The van der Waals surface area contributed by atoms with Crippen LogP contribution in [0.2, 0.25) is 4.47 Å². The first-order chi connectivity index (χ1) is 13.9. The number of piperidine rings is 1. The Morgan fingerprint density at radius 2 is 2.14 bits per heavy atom. The summed E-state index contributed by atoms with van der Waals surface area (Å²) in [5.41, 5.74) is 5.56. The molecule has 4 heterocycles. The lowest BCUT2D eigenvalue weighted by Gasteiger charge is -2.48. The van der Waals surface area contributed by atoms with Gasteiger partial charge in [0.2, 0.25) is 11.0 Å².